The number of hydrogen-bond donors (Lipinski definition) is 2. The topological polar surface area (TPSA) is 118 Å². The summed E-state index contributed by atoms with van der Waals surface area (Å²) in [5.74, 6) is -2.37. The molecule has 0 fully saturated rings. The van der Waals surface area contributed by atoms with Crippen LogP contribution in [0.15, 0.2) is 42.9 Å². The molecule has 0 aliphatic rings. The van der Waals surface area contributed by atoms with Crippen LogP contribution in [0.5, 0.6) is 0 Å². The van der Waals surface area contributed by atoms with Gasteiger partial charge in [0.05, 0.1) is 11.8 Å². The molecule has 0 unspecified atom stereocenters. The van der Waals surface area contributed by atoms with Gasteiger partial charge in [0.15, 0.2) is 12.3 Å². The molecule has 8 nitrogen and oxygen atoms in total. The minimum Gasteiger partial charge on any atom is -0.478 e. The molecule has 2 aromatic rings. The molecule has 0 spiro atoms. The number of esters is 1. The average Bonchev–Trinajstić information content (AvgIpc) is 2.54. The summed E-state index contributed by atoms with van der Waals surface area (Å²) in [6.45, 7) is -0.490. The first-order valence-electron chi connectivity index (χ1n) is 6.12. The van der Waals surface area contributed by atoms with Crippen molar-refractivity contribution in [3.63, 3.8) is 0 Å². The van der Waals surface area contributed by atoms with Crippen LogP contribution in [0.4, 0.5) is 5.69 Å². The van der Waals surface area contributed by atoms with Gasteiger partial charge in [0, 0.05) is 18.1 Å². The van der Waals surface area contributed by atoms with Crippen LogP contribution in [-0.4, -0.2) is 39.5 Å². The molecule has 2 N–H and O–H groups in total. The fourth-order valence-corrected chi connectivity index (χ4v) is 1.50. The Bertz CT molecular complexity index is 685. The van der Waals surface area contributed by atoms with E-state index in [0.29, 0.717) is 5.69 Å². The van der Waals surface area contributed by atoms with E-state index < -0.39 is 24.5 Å². The minimum absolute atomic E-state index is 0.00103. The molecule has 1 aromatic carbocycles. The van der Waals surface area contributed by atoms with E-state index in [4.69, 9.17) is 9.84 Å². The molecule has 0 saturated carbocycles. The van der Waals surface area contributed by atoms with Crippen molar-refractivity contribution in [2.24, 2.45) is 0 Å². The lowest BCUT2D eigenvalue weighted by Crippen LogP contribution is -2.21. The third kappa shape index (κ3) is 4.10. The maximum absolute atomic E-state index is 11.6. The van der Waals surface area contributed by atoms with Crippen LogP contribution in [-0.2, 0) is 9.53 Å². The van der Waals surface area contributed by atoms with Crippen LogP contribution < -0.4 is 5.32 Å². The predicted molar refractivity (Wildman–Crippen MR) is 74.3 cm³/mol. The number of ether oxygens (including phenoxy) is 1. The molecule has 1 amide bonds. The van der Waals surface area contributed by atoms with Crippen LogP contribution in [0.2, 0.25) is 0 Å². The van der Waals surface area contributed by atoms with E-state index in [9.17, 15) is 14.4 Å². The Morgan fingerprint density at radius 3 is 2.45 bits per heavy atom. The standard InChI is InChI=1S/C14H11N3O5/c18-12(8-22-14(21)11-7-15-5-6-16-11)17-10-3-1-9(2-4-10)13(19)20/h1-7H,8H2,(H,17,18)(H,19,20). The normalized spacial score (nSPS) is 9.82. The van der Waals surface area contributed by atoms with E-state index in [1.54, 1.807) is 0 Å². The highest BCUT2D eigenvalue weighted by Crippen LogP contribution is 2.09. The molecule has 0 atom stereocenters. The number of aromatic carboxylic acids is 1. The van der Waals surface area contributed by atoms with E-state index in [0.717, 1.165) is 0 Å². The molecule has 0 aliphatic carbocycles. The third-order valence-electron chi connectivity index (χ3n) is 2.52. The van der Waals surface area contributed by atoms with Gasteiger partial charge in [-0.15, -0.1) is 0 Å². The molecular weight excluding hydrogens is 290 g/mol. The molecule has 0 saturated heterocycles. The van der Waals surface area contributed by atoms with Crippen molar-refractivity contribution in [3.05, 3.63) is 54.1 Å². The van der Waals surface area contributed by atoms with Crippen molar-refractivity contribution in [1.82, 2.24) is 9.97 Å². The smallest absolute Gasteiger partial charge is 0.359 e. The molecule has 8 heteroatoms. The number of carbonyl (C=O) groups excluding carboxylic acids is 2. The Morgan fingerprint density at radius 1 is 1.14 bits per heavy atom. The maximum Gasteiger partial charge on any atom is 0.359 e. The lowest BCUT2D eigenvalue weighted by atomic mass is 10.2. The first-order chi connectivity index (χ1) is 10.6. The number of carboxylic acids is 1. The summed E-state index contributed by atoms with van der Waals surface area (Å²) >= 11 is 0. The summed E-state index contributed by atoms with van der Waals surface area (Å²) in [5.41, 5.74) is 0.499. The van der Waals surface area contributed by atoms with Gasteiger partial charge in [-0.1, -0.05) is 0 Å². The lowest BCUT2D eigenvalue weighted by Gasteiger charge is -2.06. The van der Waals surface area contributed by atoms with Crippen LogP contribution >= 0.6 is 0 Å². The zero-order valence-electron chi connectivity index (χ0n) is 11.2. The van der Waals surface area contributed by atoms with Crippen LogP contribution in [0.25, 0.3) is 0 Å². The Labute approximate surface area is 124 Å². The number of nitrogens with zero attached hydrogens (tertiary/aromatic N) is 2. The maximum atomic E-state index is 11.6. The average molecular weight is 301 g/mol. The zero-order valence-corrected chi connectivity index (χ0v) is 11.2. The summed E-state index contributed by atoms with van der Waals surface area (Å²) in [5, 5.41) is 11.2. The number of amides is 1. The SMILES string of the molecule is O=C(COC(=O)c1cnccn1)Nc1ccc(C(=O)O)cc1. The number of nitrogens with one attached hydrogen (secondary N) is 1. The first kappa shape index (κ1) is 15.1. The molecule has 0 aliphatic heterocycles. The van der Waals surface area contributed by atoms with Gasteiger partial charge < -0.3 is 15.2 Å². The van der Waals surface area contributed by atoms with Crippen molar-refractivity contribution in [3.8, 4) is 0 Å². The molecule has 22 heavy (non-hydrogen) atoms. The van der Waals surface area contributed by atoms with Crippen molar-refractivity contribution in [1.29, 1.82) is 0 Å². The molecular formula is C14H11N3O5. The van der Waals surface area contributed by atoms with E-state index >= 15 is 0 Å². The molecule has 2 rings (SSSR count). The van der Waals surface area contributed by atoms with Crippen LogP contribution in [0, 0.1) is 0 Å². The molecule has 1 heterocycles. The number of carbonyl (C=O) groups is 3. The largest absolute Gasteiger partial charge is 0.478 e. The Balaban J connectivity index is 1.85. The highest BCUT2D eigenvalue weighted by Gasteiger charge is 2.11. The number of hydrogen-bond acceptors (Lipinski definition) is 6. The van der Waals surface area contributed by atoms with E-state index in [1.807, 2.05) is 0 Å². The fourth-order valence-electron chi connectivity index (χ4n) is 1.50. The molecule has 112 valence electrons. The van der Waals surface area contributed by atoms with Gasteiger partial charge in [-0.2, -0.15) is 0 Å². The summed E-state index contributed by atoms with van der Waals surface area (Å²) in [4.78, 5) is 41.3. The summed E-state index contributed by atoms with van der Waals surface area (Å²) in [6.07, 6.45) is 3.97. The first-order valence-corrected chi connectivity index (χ1v) is 6.12. The highest BCUT2D eigenvalue weighted by molar-refractivity contribution is 5.95. The Morgan fingerprint density at radius 2 is 1.86 bits per heavy atom. The van der Waals surface area contributed by atoms with Gasteiger partial charge >= 0.3 is 11.9 Å². The number of aromatic nitrogens is 2. The van der Waals surface area contributed by atoms with E-state index in [1.165, 1.54) is 42.9 Å². The number of rotatable bonds is 5. The second kappa shape index (κ2) is 6.93. The summed E-state index contributed by atoms with van der Waals surface area (Å²) in [6, 6.07) is 5.57. The van der Waals surface area contributed by atoms with Gasteiger partial charge in [-0.3, -0.25) is 9.78 Å². The third-order valence-corrected chi connectivity index (χ3v) is 2.52. The lowest BCUT2D eigenvalue weighted by molar-refractivity contribution is -0.119. The predicted octanol–water partition coefficient (Wildman–Crippen LogP) is 0.970. The van der Waals surface area contributed by atoms with E-state index in [-0.39, 0.29) is 11.3 Å². The summed E-state index contributed by atoms with van der Waals surface area (Å²) in [7, 11) is 0. The van der Waals surface area contributed by atoms with Gasteiger partial charge in [0.2, 0.25) is 0 Å². The Hall–Kier alpha value is -3.29. The van der Waals surface area contributed by atoms with Gasteiger partial charge in [0.25, 0.3) is 5.91 Å². The van der Waals surface area contributed by atoms with Crippen molar-refractivity contribution < 1.29 is 24.2 Å². The highest BCUT2D eigenvalue weighted by atomic mass is 16.5. The molecule has 0 radical (unpaired) electrons. The summed E-state index contributed by atoms with van der Waals surface area (Å²) < 4.78 is 4.78. The minimum atomic E-state index is -1.06. The van der Waals surface area contributed by atoms with Gasteiger partial charge in [-0.05, 0) is 24.3 Å². The van der Waals surface area contributed by atoms with Gasteiger partial charge in [-0.25, -0.2) is 14.6 Å². The van der Waals surface area contributed by atoms with Gasteiger partial charge in [0.1, 0.15) is 0 Å². The van der Waals surface area contributed by atoms with Crippen molar-refractivity contribution in [2.75, 3.05) is 11.9 Å². The quantitative estimate of drug-likeness (QED) is 0.790. The van der Waals surface area contributed by atoms with Crippen LogP contribution in [0.1, 0.15) is 20.8 Å². The second-order valence-electron chi connectivity index (χ2n) is 4.10. The van der Waals surface area contributed by atoms with E-state index in [2.05, 4.69) is 15.3 Å². The molecule has 0 bridgehead atoms. The number of anilines is 1. The fraction of sp³-hybridized carbons (Fsp3) is 0.0714. The Kier molecular flexibility index (Phi) is 4.76. The number of benzene rings is 1. The molecule has 1 aromatic heterocycles. The number of carboxylic acid groups (broad SMARTS) is 1. The monoisotopic (exact) mass is 301 g/mol. The zero-order chi connectivity index (χ0) is 15.9. The van der Waals surface area contributed by atoms with Crippen molar-refractivity contribution in [2.45, 2.75) is 0 Å². The van der Waals surface area contributed by atoms with Crippen molar-refractivity contribution >= 4 is 23.5 Å². The van der Waals surface area contributed by atoms with Crippen LogP contribution in [0.3, 0.4) is 0 Å². The second-order valence-corrected chi connectivity index (χ2v) is 4.10.